The van der Waals surface area contributed by atoms with Crippen LogP contribution in [0.15, 0.2) is 72.8 Å². The van der Waals surface area contributed by atoms with E-state index in [1.54, 1.807) is 18.7 Å². The summed E-state index contributed by atoms with van der Waals surface area (Å²) >= 11 is 0. The Morgan fingerprint density at radius 3 is 2.34 bits per heavy atom. The molecule has 0 saturated heterocycles. The van der Waals surface area contributed by atoms with Gasteiger partial charge in [-0.3, -0.25) is 14.4 Å². The van der Waals surface area contributed by atoms with E-state index in [2.05, 4.69) is 17.6 Å². The summed E-state index contributed by atoms with van der Waals surface area (Å²) in [6.07, 6.45) is 0.490. The molecule has 4 rings (SSSR count). The van der Waals surface area contributed by atoms with Gasteiger partial charge in [0.15, 0.2) is 0 Å². The van der Waals surface area contributed by atoms with Gasteiger partial charge >= 0.3 is 0 Å². The summed E-state index contributed by atoms with van der Waals surface area (Å²) < 4.78 is 0. The molecule has 0 bridgehead atoms. The largest absolute Gasteiger partial charge is 0.352 e. The molecular formula is C31H36N4O3. The smallest absolute Gasteiger partial charge is 0.251 e. The molecule has 2 atom stereocenters. The summed E-state index contributed by atoms with van der Waals surface area (Å²) in [4.78, 5) is 40.8. The highest BCUT2D eigenvalue weighted by Crippen LogP contribution is 2.36. The fraction of sp³-hybridized carbons (Fsp3) is 0.323. The second-order valence-electron chi connectivity index (χ2n) is 10.5. The van der Waals surface area contributed by atoms with Crippen molar-refractivity contribution in [3.8, 4) is 11.1 Å². The Morgan fingerprint density at radius 1 is 1.00 bits per heavy atom. The number of rotatable bonds is 7. The summed E-state index contributed by atoms with van der Waals surface area (Å²) in [6.45, 7) is 8.13. The fourth-order valence-corrected chi connectivity index (χ4v) is 4.83. The van der Waals surface area contributed by atoms with E-state index in [0.717, 1.165) is 27.9 Å². The van der Waals surface area contributed by atoms with E-state index in [-0.39, 0.29) is 23.6 Å². The molecule has 1 heterocycles. The molecule has 0 aliphatic carbocycles. The van der Waals surface area contributed by atoms with E-state index >= 15 is 0 Å². The van der Waals surface area contributed by atoms with Crippen LogP contribution in [0.4, 0.5) is 5.69 Å². The topological polar surface area (TPSA) is 105 Å². The molecule has 198 valence electrons. The second kappa shape index (κ2) is 11.2. The van der Waals surface area contributed by atoms with Crippen molar-refractivity contribution >= 4 is 23.4 Å². The number of carbonyl (C=O) groups excluding carboxylic acids is 3. The maximum atomic E-state index is 13.8. The third kappa shape index (κ3) is 5.78. The number of benzene rings is 3. The molecule has 7 heteroatoms. The molecule has 4 N–H and O–H groups in total. The lowest BCUT2D eigenvalue weighted by Crippen LogP contribution is -2.56. The quantitative estimate of drug-likeness (QED) is 0.437. The first-order valence-corrected chi connectivity index (χ1v) is 13.1. The van der Waals surface area contributed by atoms with E-state index in [0.29, 0.717) is 25.1 Å². The molecule has 2 unspecified atom stereocenters. The third-order valence-corrected chi connectivity index (χ3v) is 6.92. The van der Waals surface area contributed by atoms with Gasteiger partial charge in [0, 0.05) is 17.8 Å². The number of carbonyl (C=O) groups is 3. The Morgan fingerprint density at radius 2 is 1.66 bits per heavy atom. The van der Waals surface area contributed by atoms with E-state index < -0.39 is 11.6 Å². The zero-order valence-electron chi connectivity index (χ0n) is 22.5. The molecule has 38 heavy (non-hydrogen) atoms. The molecule has 0 spiro atoms. The van der Waals surface area contributed by atoms with Crippen molar-refractivity contribution in [3.63, 3.8) is 0 Å². The molecule has 3 aromatic rings. The minimum Gasteiger partial charge on any atom is -0.352 e. The summed E-state index contributed by atoms with van der Waals surface area (Å²) in [6, 6.07) is 22.6. The van der Waals surface area contributed by atoms with E-state index in [1.165, 1.54) is 0 Å². The molecule has 0 saturated carbocycles. The van der Waals surface area contributed by atoms with Crippen molar-refractivity contribution in [2.45, 2.75) is 58.2 Å². The number of nitrogens with two attached hydrogens (primary N) is 1. The Hall–Kier alpha value is -3.97. The Bertz CT molecular complexity index is 1330. The number of anilines is 1. The lowest BCUT2D eigenvalue weighted by Gasteiger charge is -2.28. The highest BCUT2D eigenvalue weighted by atomic mass is 16.2. The monoisotopic (exact) mass is 512 g/mol. The summed E-state index contributed by atoms with van der Waals surface area (Å²) in [5.74, 6) is -0.560. The number of fused-ring (bicyclic) bond motifs is 1. The van der Waals surface area contributed by atoms with E-state index in [1.807, 2.05) is 79.7 Å². The highest BCUT2D eigenvalue weighted by molar-refractivity contribution is 6.02. The van der Waals surface area contributed by atoms with Gasteiger partial charge in [-0.05, 0) is 67.5 Å². The second-order valence-corrected chi connectivity index (χ2v) is 10.5. The Labute approximate surface area is 224 Å². The average Bonchev–Trinajstić information content (AvgIpc) is 2.99. The van der Waals surface area contributed by atoms with Crippen LogP contribution in [0.1, 0.15) is 61.5 Å². The molecule has 1 aliphatic rings. The maximum absolute atomic E-state index is 13.8. The lowest BCUT2D eigenvalue weighted by atomic mass is 9.94. The predicted octanol–water partition coefficient (Wildman–Crippen LogP) is 4.37. The molecule has 7 nitrogen and oxygen atoms in total. The van der Waals surface area contributed by atoms with Crippen molar-refractivity contribution < 1.29 is 14.4 Å². The van der Waals surface area contributed by atoms with Gasteiger partial charge < -0.3 is 21.3 Å². The van der Waals surface area contributed by atoms with Gasteiger partial charge in [0.2, 0.25) is 11.8 Å². The first-order valence-electron chi connectivity index (χ1n) is 13.1. The Kier molecular flexibility index (Phi) is 7.97. The summed E-state index contributed by atoms with van der Waals surface area (Å²) in [7, 11) is 0. The standard InChI is InChI=1S/C31H36N4O3/c1-5-33-28(36)25-12-7-6-11-24(25)22-16-14-21(15-17-22)19-35-27-13-9-8-10-23(27)20(2)18-26(29(35)37)34-30(38)31(3,4)32/h6-17,20,26H,5,18-19,32H2,1-4H3,(H,33,36)(H,34,38). The van der Waals surface area contributed by atoms with Crippen molar-refractivity contribution in [2.24, 2.45) is 5.73 Å². The number of nitrogens with one attached hydrogen (secondary N) is 2. The molecule has 3 amide bonds. The van der Waals surface area contributed by atoms with Gasteiger partial charge in [0.25, 0.3) is 5.91 Å². The molecule has 0 radical (unpaired) electrons. The van der Waals surface area contributed by atoms with Crippen LogP contribution >= 0.6 is 0 Å². The van der Waals surface area contributed by atoms with Crippen LogP contribution in [-0.4, -0.2) is 35.8 Å². The van der Waals surface area contributed by atoms with Gasteiger partial charge in [-0.1, -0.05) is 67.6 Å². The first-order chi connectivity index (χ1) is 18.1. The third-order valence-electron chi connectivity index (χ3n) is 6.92. The zero-order valence-corrected chi connectivity index (χ0v) is 22.5. The fourth-order valence-electron chi connectivity index (χ4n) is 4.83. The lowest BCUT2D eigenvalue weighted by molar-refractivity contribution is -0.130. The molecule has 0 aromatic heterocycles. The van der Waals surface area contributed by atoms with Crippen molar-refractivity contribution in [1.82, 2.24) is 10.6 Å². The molecule has 0 fully saturated rings. The predicted molar refractivity (Wildman–Crippen MR) is 151 cm³/mol. The van der Waals surface area contributed by atoms with Crippen molar-refractivity contribution in [2.75, 3.05) is 11.4 Å². The minimum absolute atomic E-state index is 0.0690. The van der Waals surface area contributed by atoms with Crippen LogP contribution in [0.3, 0.4) is 0 Å². The highest BCUT2D eigenvalue weighted by Gasteiger charge is 2.36. The number of hydrogen-bond donors (Lipinski definition) is 3. The average molecular weight is 513 g/mol. The van der Waals surface area contributed by atoms with Crippen LogP contribution in [0, 0.1) is 0 Å². The maximum Gasteiger partial charge on any atom is 0.251 e. The summed E-state index contributed by atoms with van der Waals surface area (Å²) in [5, 5.41) is 5.76. The van der Waals surface area contributed by atoms with E-state index in [4.69, 9.17) is 5.73 Å². The normalized spacial score (nSPS) is 17.4. The minimum atomic E-state index is -1.09. The van der Waals surface area contributed by atoms with Gasteiger partial charge in [-0.25, -0.2) is 0 Å². The Balaban J connectivity index is 1.64. The SMILES string of the molecule is CCNC(=O)c1ccccc1-c1ccc(CN2C(=O)C(NC(=O)C(C)(C)N)CC(C)c3ccccc32)cc1. The molecule has 1 aliphatic heterocycles. The number of nitrogens with zero attached hydrogens (tertiary/aromatic N) is 1. The van der Waals surface area contributed by atoms with Gasteiger partial charge in [-0.15, -0.1) is 0 Å². The molecular weight excluding hydrogens is 476 g/mol. The van der Waals surface area contributed by atoms with Crippen LogP contribution in [0.25, 0.3) is 11.1 Å². The zero-order chi connectivity index (χ0) is 27.4. The van der Waals surface area contributed by atoms with Crippen LogP contribution in [-0.2, 0) is 16.1 Å². The number of amides is 3. The number of hydrogen-bond acceptors (Lipinski definition) is 4. The van der Waals surface area contributed by atoms with Crippen LogP contribution in [0.5, 0.6) is 0 Å². The van der Waals surface area contributed by atoms with Gasteiger partial charge in [0.1, 0.15) is 6.04 Å². The van der Waals surface area contributed by atoms with Crippen molar-refractivity contribution in [3.05, 3.63) is 89.5 Å². The summed E-state index contributed by atoms with van der Waals surface area (Å²) in [5.41, 5.74) is 10.2. The van der Waals surface area contributed by atoms with Crippen molar-refractivity contribution in [1.29, 1.82) is 0 Å². The van der Waals surface area contributed by atoms with Gasteiger partial charge in [-0.2, -0.15) is 0 Å². The van der Waals surface area contributed by atoms with Gasteiger partial charge in [0.05, 0.1) is 12.1 Å². The number of para-hydroxylation sites is 1. The van der Waals surface area contributed by atoms with Crippen LogP contribution < -0.4 is 21.3 Å². The van der Waals surface area contributed by atoms with E-state index in [9.17, 15) is 14.4 Å². The molecule has 3 aromatic carbocycles. The van der Waals surface area contributed by atoms with Crippen LogP contribution in [0.2, 0.25) is 0 Å². The first kappa shape index (κ1) is 27.1.